The first kappa shape index (κ1) is 19.1. The molecule has 1 aliphatic rings. The van der Waals surface area contributed by atoms with Crippen molar-refractivity contribution in [2.75, 3.05) is 5.32 Å². The lowest BCUT2D eigenvalue weighted by Gasteiger charge is -2.17. The lowest BCUT2D eigenvalue weighted by atomic mass is 9.90. The van der Waals surface area contributed by atoms with Gasteiger partial charge < -0.3 is 5.32 Å². The van der Waals surface area contributed by atoms with Gasteiger partial charge in [0.05, 0.1) is 5.69 Å². The standard InChI is InChI=1S/C23H22FN3O2/c1-14-17(10-5-11-20(14)24)22(28)25-16-7-4-6-15(12-16)13-21-18-8-2-3-9-19(18)23(29)27-26-21/h4-7,10-12H,2-3,8-9,13H2,1H3,(H,25,28)(H,27,29). The average Bonchev–Trinajstić information content (AvgIpc) is 2.72. The number of nitrogens with one attached hydrogen (secondary N) is 2. The van der Waals surface area contributed by atoms with Crippen molar-refractivity contribution in [3.63, 3.8) is 0 Å². The number of halogens is 1. The fourth-order valence-corrected chi connectivity index (χ4v) is 3.88. The number of anilines is 1. The van der Waals surface area contributed by atoms with E-state index in [0.29, 0.717) is 23.2 Å². The molecule has 2 aromatic carbocycles. The van der Waals surface area contributed by atoms with Crippen LogP contribution in [0.5, 0.6) is 0 Å². The zero-order chi connectivity index (χ0) is 20.4. The van der Waals surface area contributed by atoms with Gasteiger partial charge in [-0.15, -0.1) is 0 Å². The highest BCUT2D eigenvalue weighted by Crippen LogP contribution is 2.23. The van der Waals surface area contributed by atoms with Gasteiger partial charge in [0, 0.05) is 23.2 Å². The van der Waals surface area contributed by atoms with Crippen LogP contribution in [0.3, 0.4) is 0 Å². The van der Waals surface area contributed by atoms with Crippen molar-refractivity contribution in [1.29, 1.82) is 0 Å². The number of H-pyrrole nitrogens is 1. The highest BCUT2D eigenvalue weighted by Gasteiger charge is 2.18. The molecule has 6 heteroatoms. The molecule has 0 saturated carbocycles. The summed E-state index contributed by atoms with van der Waals surface area (Å²) in [6.07, 6.45) is 4.33. The van der Waals surface area contributed by atoms with Crippen molar-refractivity contribution >= 4 is 11.6 Å². The van der Waals surface area contributed by atoms with Crippen LogP contribution in [-0.2, 0) is 19.3 Å². The maximum absolute atomic E-state index is 13.7. The molecule has 0 aliphatic heterocycles. The van der Waals surface area contributed by atoms with Gasteiger partial charge in [-0.3, -0.25) is 9.59 Å². The van der Waals surface area contributed by atoms with Gasteiger partial charge in [0.15, 0.2) is 0 Å². The number of carbonyl (C=O) groups is 1. The third-order valence-electron chi connectivity index (χ3n) is 5.45. The molecule has 0 spiro atoms. The minimum atomic E-state index is -0.402. The lowest BCUT2D eigenvalue weighted by molar-refractivity contribution is 0.102. The first-order valence-corrected chi connectivity index (χ1v) is 9.77. The molecule has 4 rings (SSSR count). The van der Waals surface area contributed by atoms with Gasteiger partial charge in [0.2, 0.25) is 0 Å². The van der Waals surface area contributed by atoms with Crippen LogP contribution in [-0.4, -0.2) is 16.1 Å². The zero-order valence-electron chi connectivity index (χ0n) is 16.2. The summed E-state index contributed by atoms with van der Waals surface area (Å²) in [5.41, 5.74) is 4.95. The second-order valence-electron chi connectivity index (χ2n) is 7.41. The third kappa shape index (κ3) is 3.97. The largest absolute Gasteiger partial charge is 0.322 e. The summed E-state index contributed by atoms with van der Waals surface area (Å²) >= 11 is 0. The van der Waals surface area contributed by atoms with Gasteiger partial charge in [-0.2, -0.15) is 5.10 Å². The molecule has 1 amide bonds. The Morgan fingerprint density at radius 2 is 1.90 bits per heavy atom. The maximum Gasteiger partial charge on any atom is 0.267 e. The second kappa shape index (κ2) is 7.99. The Balaban J connectivity index is 1.56. The molecule has 0 fully saturated rings. The summed E-state index contributed by atoms with van der Waals surface area (Å²) in [6.45, 7) is 1.59. The fraction of sp³-hybridized carbons (Fsp3) is 0.261. The van der Waals surface area contributed by atoms with Crippen molar-refractivity contribution in [2.45, 2.75) is 39.0 Å². The normalized spacial score (nSPS) is 13.0. The second-order valence-corrected chi connectivity index (χ2v) is 7.41. The Kier molecular flexibility index (Phi) is 5.25. The minimum Gasteiger partial charge on any atom is -0.322 e. The first-order valence-electron chi connectivity index (χ1n) is 9.77. The van der Waals surface area contributed by atoms with Gasteiger partial charge in [-0.05, 0) is 73.6 Å². The van der Waals surface area contributed by atoms with Gasteiger partial charge >= 0.3 is 0 Å². The summed E-state index contributed by atoms with van der Waals surface area (Å²) in [5.74, 6) is -0.751. The predicted molar refractivity (Wildman–Crippen MR) is 110 cm³/mol. The summed E-state index contributed by atoms with van der Waals surface area (Å²) < 4.78 is 13.7. The maximum atomic E-state index is 13.7. The van der Waals surface area contributed by atoms with Crippen molar-refractivity contribution in [3.8, 4) is 0 Å². The molecule has 3 aromatic rings. The molecule has 0 unspecified atom stereocenters. The van der Waals surface area contributed by atoms with Crippen molar-refractivity contribution in [2.24, 2.45) is 0 Å². The number of hydrogen-bond acceptors (Lipinski definition) is 3. The van der Waals surface area contributed by atoms with E-state index in [9.17, 15) is 14.0 Å². The number of hydrogen-bond donors (Lipinski definition) is 2. The lowest BCUT2D eigenvalue weighted by Crippen LogP contribution is -2.23. The van der Waals surface area contributed by atoms with E-state index in [4.69, 9.17) is 0 Å². The Labute approximate surface area is 168 Å². The monoisotopic (exact) mass is 391 g/mol. The number of aromatic amines is 1. The summed E-state index contributed by atoms with van der Waals surface area (Å²) in [4.78, 5) is 24.6. The number of amides is 1. The van der Waals surface area contributed by atoms with Crippen molar-refractivity contribution < 1.29 is 9.18 Å². The van der Waals surface area contributed by atoms with Crippen LogP contribution in [0.15, 0.2) is 47.3 Å². The van der Waals surface area contributed by atoms with Crippen LogP contribution in [0.4, 0.5) is 10.1 Å². The topological polar surface area (TPSA) is 74.8 Å². The summed E-state index contributed by atoms with van der Waals surface area (Å²) in [7, 11) is 0. The Morgan fingerprint density at radius 3 is 2.72 bits per heavy atom. The van der Waals surface area contributed by atoms with Crippen molar-refractivity contribution in [1.82, 2.24) is 10.2 Å². The molecule has 0 atom stereocenters. The molecule has 148 valence electrons. The van der Waals surface area contributed by atoms with Crippen LogP contribution in [0.2, 0.25) is 0 Å². The van der Waals surface area contributed by atoms with Crippen LogP contribution < -0.4 is 10.9 Å². The molecule has 2 N–H and O–H groups in total. The molecule has 29 heavy (non-hydrogen) atoms. The molecular weight excluding hydrogens is 369 g/mol. The quantitative estimate of drug-likeness (QED) is 0.707. The number of fused-ring (bicyclic) bond motifs is 1. The smallest absolute Gasteiger partial charge is 0.267 e. The van der Waals surface area contributed by atoms with E-state index < -0.39 is 5.82 Å². The third-order valence-corrected chi connectivity index (χ3v) is 5.45. The Hall–Kier alpha value is -3.28. The molecular formula is C23H22FN3O2. The van der Waals surface area contributed by atoms with Crippen LogP contribution >= 0.6 is 0 Å². The minimum absolute atomic E-state index is 0.0880. The SMILES string of the molecule is Cc1c(F)cccc1C(=O)Nc1cccc(Cc2n[nH]c(=O)c3c2CCCC3)c1. The molecule has 0 bridgehead atoms. The van der Waals surface area contributed by atoms with Crippen molar-refractivity contribution in [3.05, 3.63) is 92.1 Å². The average molecular weight is 391 g/mol. The van der Waals surface area contributed by atoms with E-state index in [0.717, 1.165) is 48.1 Å². The van der Waals surface area contributed by atoms with E-state index in [1.165, 1.54) is 12.1 Å². The van der Waals surface area contributed by atoms with E-state index in [-0.39, 0.29) is 11.5 Å². The first-order chi connectivity index (χ1) is 14.0. The van der Waals surface area contributed by atoms with E-state index >= 15 is 0 Å². The number of carbonyl (C=O) groups excluding carboxylic acids is 1. The van der Waals surface area contributed by atoms with Crippen LogP contribution in [0, 0.1) is 12.7 Å². The highest BCUT2D eigenvalue weighted by atomic mass is 19.1. The van der Waals surface area contributed by atoms with E-state index in [1.54, 1.807) is 19.1 Å². The van der Waals surface area contributed by atoms with Gasteiger partial charge in [-0.25, -0.2) is 9.49 Å². The number of rotatable bonds is 4. The van der Waals surface area contributed by atoms with Crippen LogP contribution in [0.1, 0.15) is 51.1 Å². The highest BCUT2D eigenvalue weighted by molar-refractivity contribution is 6.05. The Bertz CT molecular complexity index is 1140. The predicted octanol–water partition coefficient (Wildman–Crippen LogP) is 3.94. The van der Waals surface area contributed by atoms with Crippen LogP contribution in [0.25, 0.3) is 0 Å². The summed E-state index contributed by atoms with van der Waals surface area (Å²) in [6, 6.07) is 12.0. The Morgan fingerprint density at radius 1 is 1.14 bits per heavy atom. The molecule has 1 heterocycles. The number of nitrogens with zero attached hydrogens (tertiary/aromatic N) is 1. The molecule has 1 aromatic heterocycles. The van der Waals surface area contributed by atoms with E-state index in [2.05, 4.69) is 15.5 Å². The molecule has 0 radical (unpaired) electrons. The van der Waals surface area contributed by atoms with Gasteiger partial charge in [0.1, 0.15) is 5.82 Å². The number of benzene rings is 2. The van der Waals surface area contributed by atoms with Gasteiger partial charge in [-0.1, -0.05) is 18.2 Å². The fourth-order valence-electron chi connectivity index (χ4n) is 3.88. The number of aromatic nitrogens is 2. The molecule has 1 aliphatic carbocycles. The molecule has 5 nitrogen and oxygen atoms in total. The summed E-state index contributed by atoms with van der Waals surface area (Å²) in [5, 5.41) is 9.74. The molecule has 0 saturated heterocycles. The zero-order valence-corrected chi connectivity index (χ0v) is 16.2. The van der Waals surface area contributed by atoms with E-state index in [1.807, 2.05) is 18.2 Å². The van der Waals surface area contributed by atoms with Gasteiger partial charge in [0.25, 0.3) is 11.5 Å².